The Kier molecular flexibility index (Phi) is 3.73. The first kappa shape index (κ1) is 12.7. The molecule has 0 amide bonds. The van der Waals surface area contributed by atoms with E-state index in [4.69, 9.17) is 16.9 Å². The maximum absolute atomic E-state index is 12.5. The zero-order chi connectivity index (χ0) is 12.3. The zero-order valence-electron chi connectivity index (χ0n) is 8.10. The third-order valence-corrected chi connectivity index (χ3v) is 2.00. The molecule has 0 saturated heterocycles. The van der Waals surface area contributed by atoms with Crippen molar-refractivity contribution < 1.29 is 17.9 Å². The van der Waals surface area contributed by atoms with Crippen molar-refractivity contribution in [2.45, 2.75) is 12.8 Å². The van der Waals surface area contributed by atoms with Crippen LogP contribution < -0.4 is 0 Å². The molecule has 86 valence electrons. The highest BCUT2D eigenvalue weighted by Gasteiger charge is 2.37. The molecule has 1 heterocycles. The van der Waals surface area contributed by atoms with E-state index in [0.29, 0.717) is 0 Å². The summed E-state index contributed by atoms with van der Waals surface area (Å²) in [6.45, 7) is -0.103. The van der Waals surface area contributed by atoms with Gasteiger partial charge in [0.15, 0.2) is 5.69 Å². The van der Waals surface area contributed by atoms with Crippen LogP contribution in [0.2, 0.25) is 5.02 Å². The molecule has 0 aliphatic heterocycles. The van der Waals surface area contributed by atoms with Crippen molar-refractivity contribution >= 4 is 11.6 Å². The Balaban J connectivity index is 3.39. The second-order valence-corrected chi connectivity index (χ2v) is 3.27. The van der Waals surface area contributed by atoms with Crippen LogP contribution in [0.5, 0.6) is 0 Å². The van der Waals surface area contributed by atoms with Crippen LogP contribution in [-0.2, 0) is 17.5 Å². The van der Waals surface area contributed by atoms with Crippen molar-refractivity contribution in [1.29, 1.82) is 5.26 Å². The van der Waals surface area contributed by atoms with E-state index in [9.17, 15) is 13.2 Å². The first-order chi connectivity index (χ1) is 7.40. The van der Waals surface area contributed by atoms with Gasteiger partial charge in [-0.25, -0.2) is 4.98 Å². The van der Waals surface area contributed by atoms with Gasteiger partial charge < -0.3 is 4.74 Å². The molecule has 7 heteroatoms. The lowest BCUT2D eigenvalue weighted by Gasteiger charge is -2.10. The SMILES string of the molecule is COCc1cc(Cl)c(C#N)c(C(F)(F)F)n1. The lowest BCUT2D eigenvalue weighted by molar-refractivity contribution is -0.141. The van der Waals surface area contributed by atoms with Crippen LogP contribution in [0.4, 0.5) is 13.2 Å². The number of rotatable bonds is 2. The van der Waals surface area contributed by atoms with Gasteiger partial charge in [0.25, 0.3) is 0 Å². The number of hydrogen-bond donors (Lipinski definition) is 0. The molecular formula is C9H6ClF3N2O. The van der Waals surface area contributed by atoms with Crippen molar-refractivity contribution in [3.63, 3.8) is 0 Å². The number of ether oxygens (including phenoxy) is 1. The summed E-state index contributed by atoms with van der Waals surface area (Å²) in [4.78, 5) is 3.31. The lowest BCUT2D eigenvalue weighted by atomic mass is 10.2. The van der Waals surface area contributed by atoms with Gasteiger partial charge in [-0.15, -0.1) is 0 Å². The first-order valence-electron chi connectivity index (χ1n) is 4.05. The highest BCUT2D eigenvalue weighted by molar-refractivity contribution is 6.31. The monoisotopic (exact) mass is 250 g/mol. The Hall–Kier alpha value is -1.32. The average molecular weight is 251 g/mol. The smallest absolute Gasteiger partial charge is 0.378 e. The molecule has 0 N–H and O–H groups in total. The molecule has 0 aromatic carbocycles. The highest BCUT2D eigenvalue weighted by atomic mass is 35.5. The molecule has 1 aromatic rings. The molecule has 0 spiro atoms. The standard InChI is InChI=1S/C9H6ClF3N2O/c1-16-4-5-2-7(10)6(3-14)8(15-5)9(11,12)13/h2H,4H2,1H3. The van der Waals surface area contributed by atoms with E-state index < -0.39 is 17.4 Å². The Morgan fingerprint density at radius 1 is 1.56 bits per heavy atom. The third-order valence-electron chi connectivity index (χ3n) is 1.70. The van der Waals surface area contributed by atoms with Gasteiger partial charge in [0.1, 0.15) is 11.6 Å². The van der Waals surface area contributed by atoms with Gasteiger partial charge in [-0.05, 0) is 6.07 Å². The largest absolute Gasteiger partial charge is 0.434 e. The molecule has 0 fully saturated rings. The first-order valence-corrected chi connectivity index (χ1v) is 4.43. The summed E-state index contributed by atoms with van der Waals surface area (Å²) in [5, 5.41) is 8.30. The molecule has 1 aromatic heterocycles. The van der Waals surface area contributed by atoms with E-state index in [0.717, 1.165) is 0 Å². The van der Waals surface area contributed by atoms with Crippen LogP contribution in [0, 0.1) is 11.3 Å². The van der Waals surface area contributed by atoms with Gasteiger partial charge >= 0.3 is 6.18 Å². The van der Waals surface area contributed by atoms with Crippen molar-refractivity contribution in [3.05, 3.63) is 28.0 Å². The summed E-state index contributed by atoms with van der Waals surface area (Å²) >= 11 is 5.56. The Bertz CT molecular complexity index is 440. The maximum Gasteiger partial charge on any atom is 0.434 e. The van der Waals surface area contributed by atoms with Crippen LogP contribution in [0.3, 0.4) is 0 Å². The number of methoxy groups -OCH3 is 1. The topological polar surface area (TPSA) is 45.9 Å². The molecule has 0 atom stereocenters. The molecule has 0 aliphatic carbocycles. The van der Waals surface area contributed by atoms with Crippen molar-refractivity contribution in [2.24, 2.45) is 0 Å². The van der Waals surface area contributed by atoms with Crippen molar-refractivity contribution in [3.8, 4) is 6.07 Å². The summed E-state index contributed by atoms with van der Waals surface area (Å²) in [5.41, 5.74) is -1.93. The number of halogens is 4. The molecule has 3 nitrogen and oxygen atoms in total. The van der Waals surface area contributed by atoms with Gasteiger partial charge in [-0.2, -0.15) is 18.4 Å². The van der Waals surface area contributed by atoms with E-state index in [2.05, 4.69) is 9.72 Å². The van der Waals surface area contributed by atoms with E-state index in [1.807, 2.05) is 0 Å². The van der Waals surface area contributed by atoms with Crippen LogP contribution in [0.25, 0.3) is 0 Å². The Morgan fingerprint density at radius 2 is 2.19 bits per heavy atom. The fraction of sp³-hybridized carbons (Fsp3) is 0.333. The van der Waals surface area contributed by atoms with Crippen LogP contribution in [0.15, 0.2) is 6.07 Å². The van der Waals surface area contributed by atoms with E-state index in [1.54, 1.807) is 0 Å². The minimum atomic E-state index is -4.71. The normalized spacial score (nSPS) is 11.2. The second-order valence-electron chi connectivity index (χ2n) is 2.86. The molecule has 0 saturated carbocycles. The molecule has 0 aliphatic rings. The molecule has 16 heavy (non-hydrogen) atoms. The van der Waals surface area contributed by atoms with Crippen molar-refractivity contribution in [1.82, 2.24) is 4.98 Å². The van der Waals surface area contributed by atoms with E-state index in [-0.39, 0.29) is 17.3 Å². The summed E-state index contributed by atoms with van der Waals surface area (Å²) in [7, 11) is 1.32. The zero-order valence-corrected chi connectivity index (χ0v) is 8.85. The fourth-order valence-electron chi connectivity index (χ4n) is 1.10. The summed E-state index contributed by atoms with van der Waals surface area (Å²) < 4.78 is 42.2. The van der Waals surface area contributed by atoms with Crippen molar-refractivity contribution in [2.75, 3.05) is 7.11 Å². The van der Waals surface area contributed by atoms with Gasteiger partial charge in [0, 0.05) is 7.11 Å². The number of nitrogens with zero attached hydrogens (tertiary/aromatic N) is 2. The number of pyridine rings is 1. The Labute approximate surface area is 94.4 Å². The summed E-state index contributed by atoms with van der Waals surface area (Å²) in [5.74, 6) is 0. The number of aromatic nitrogens is 1. The molecule has 0 bridgehead atoms. The van der Waals surface area contributed by atoms with Crippen LogP contribution in [-0.4, -0.2) is 12.1 Å². The summed E-state index contributed by atoms with van der Waals surface area (Å²) in [6, 6.07) is 2.56. The fourth-order valence-corrected chi connectivity index (χ4v) is 1.35. The number of hydrogen-bond acceptors (Lipinski definition) is 3. The predicted octanol–water partition coefficient (Wildman–Crippen LogP) is 2.77. The predicted molar refractivity (Wildman–Crippen MR) is 49.7 cm³/mol. The van der Waals surface area contributed by atoms with Gasteiger partial charge in [-0.1, -0.05) is 11.6 Å². The minimum absolute atomic E-state index is 0.0267. The lowest BCUT2D eigenvalue weighted by Crippen LogP contribution is -2.13. The molecular weight excluding hydrogens is 245 g/mol. The average Bonchev–Trinajstić information content (AvgIpc) is 2.16. The van der Waals surface area contributed by atoms with Crippen LogP contribution >= 0.6 is 11.6 Å². The minimum Gasteiger partial charge on any atom is -0.378 e. The molecule has 0 unspecified atom stereocenters. The van der Waals surface area contributed by atoms with Gasteiger partial charge in [0.05, 0.1) is 17.3 Å². The van der Waals surface area contributed by atoms with Gasteiger partial charge in [0.2, 0.25) is 0 Å². The third kappa shape index (κ3) is 2.62. The maximum atomic E-state index is 12.5. The quantitative estimate of drug-likeness (QED) is 0.811. The Morgan fingerprint density at radius 3 is 2.62 bits per heavy atom. The van der Waals surface area contributed by atoms with E-state index >= 15 is 0 Å². The van der Waals surface area contributed by atoms with Crippen LogP contribution in [0.1, 0.15) is 17.0 Å². The molecule has 0 radical (unpaired) electrons. The molecule has 1 rings (SSSR count). The number of alkyl halides is 3. The highest BCUT2D eigenvalue weighted by Crippen LogP contribution is 2.33. The van der Waals surface area contributed by atoms with E-state index in [1.165, 1.54) is 19.2 Å². The second kappa shape index (κ2) is 4.68. The number of nitriles is 1. The summed E-state index contributed by atoms with van der Waals surface area (Å²) in [6.07, 6.45) is -4.71. The van der Waals surface area contributed by atoms with Gasteiger partial charge in [-0.3, -0.25) is 0 Å².